The van der Waals surface area contributed by atoms with Gasteiger partial charge in [-0.1, -0.05) is 191 Å². The molecule has 4 aromatic carbocycles. The molecule has 1 saturated heterocycles. The van der Waals surface area contributed by atoms with E-state index in [9.17, 15) is 87.2 Å². The molecule has 1 fully saturated rings. The molecule has 0 aliphatic carbocycles. The molecule has 114 heavy (non-hydrogen) atoms. The molecule has 4 aromatic rings. The molecule has 15 atom stereocenters. The average molecular weight is 1600 g/mol. The van der Waals surface area contributed by atoms with Gasteiger partial charge in [-0.25, -0.2) is 4.79 Å². The Morgan fingerprint density at radius 2 is 0.807 bits per heavy atom. The van der Waals surface area contributed by atoms with Gasteiger partial charge in [-0.15, -0.1) is 0 Å². The van der Waals surface area contributed by atoms with Gasteiger partial charge in [0.25, 0.3) is 0 Å². The average Bonchev–Trinajstić information content (AvgIpc) is 1.61. The van der Waals surface area contributed by atoms with Gasteiger partial charge in [-0.3, -0.25) is 57.6 Å². The van der Waals surface area contributed by atoms with Crippen LogP contribution in [0.5, 0.6) is 0 Å². The summed E-state index contributed by atoms with van der Waals surface area (Å²) in [5, 5.41) is 44.9. The fourth-order valence-corrected chi connectivity index (χ4v) is 12.6. The van der Waals surface area contributed by atoms with Crippen LogP contribution in [0.4, 0.5) is 0 Å². The van der Waals surface area contributed by atoms with Crippen LogP contribution in [0.2, 0.25) is 0 Å². The third-order valence-electron chi connectivity index (χ3n) is 19.1. The number of hydrogen-bond donors (Lipinski definition) is 6. The van der Waals surface area contributed by atoms with E-state index in [4.69, 9.17) is 21.9 Å². The van der Waals surface area contributed by atoms with Gasteiger partial charge in [0.1, 0.15) is 37.8 Å². The first-order chi connectivity index (χ1) is 53.8. The summed E-state index contributed by atoms with van der Waals surface area (Å²) in [5.74, 6) is -21.9. The Kier molecular flexibility index (Phi) is 49.4. The number of hydrogen-bond acceptors (Lipinski definition) is 28. The van der Waals surface area contributed by atoms with Gasteiger partial charge in [0, 0.05) is 59.3 Å². The molecule has 9 N–H and O–H groups in total. The van der Waals surface area contributed by atoms with Crippen molar-refractivity contribution in [3.8, 4) is 0 Å². The number of carboxylic acid groups (broad SMARTS) is 3. The molecular weight excluding hydrogens is 1480 g/mol. The van der Waals surface area contributed by atoms with Gasteiger partial charge in [-0.05, 0) is 90.4 Å². The predicted octanol–water partition coefficient (Wildman–Crippen LogP) is 2.15. The molecule has 5 rings (SSSR count). The summed E-state index contributed by atoms with van der Waals surface area (Å²) in [6.07, 6.45) is 1.22. The second kappa shape index (κ2) is 54.6. The summed E-state index contributed by atoms with van der Waals surface area (Å²) in [6.45, 7) is 17.8. The van der Waals surface area contributed by atoms with Crippen LogP contribution in [0.15, 0.2) is 121 Å². The third kappa shape index (κ3) is 33.8. The number of carboxylic acids is 3. The first-order valence-corrected chi connectivity index (χ1v) is 37.0. The van der Waals surface area contributed by atoms with Crippen LogP contribution in [0.1, 0.15) is 148 Å². The Morgan fingerprint density at radius 1 is 0.439 bits per heavy atom. The Labute approximate surface area is 667 Å². The van der Waals surface area contributed by atoms with Gasteiger partial charge in [0.05, 0.1) is 62.2 Å². The van der Waals surface area contributed by atoms with Crippen molar-refractivity contribution in [2.24, 2.45) is 76.4 Å². The Bertz CT molecular complexity index is 3670. The maximum Gasteiger partial charge on any atom is 0.328 e. The fraction of sp³-hybridized carbons (Fsp3) is 0.524. The number of ether oxygens (including phenoxy) is 7. The molecular formula is C82H116N7O25-3. The number of imide groups is 1. The molecule has 32 nitrogen and oxygen atoms in total. The van der Waals surface area contributed by atoms with Gasteiger partial charge in [0.15, 0.2) is 0 Å². The first-order valence-electron chi connectivity index (χ1n) is 37.0. The zero-order chi connectivity index (χ0) is 87.2. The molecule has 0 saturated carbocycles. The smallest absolute Gasteiger partial charge is 0.328 e. The normalized spacial score (nSPS) is 16.0. The van der Waals surface area contributed by atoms with Crippen molar-refractivity contribution in [3.05, 3.63) is 144 Å². The number of nitrogens with zero attached hydrogens (tertiary/aromatic N) is 1. The molecule has 5 amide bonds. The van der Waals surface area contributed by atoms with E-state index in [0.717, 1.165) is 29.6 Å². The van der Waals surface area contributed by atoms with Crippen LogP contribution in [-0.4, -0.2) is 188 Å². The van der Waals surface area contributed by atoms with Gasteiger partial charge in [0.2, 0.25) is 29.5 Å². The zero-order valence-electron chi connectivity index (χ0n) is 68.4. The molecule has 1 aliphatic heterocycles. The van der Waals surface area contributed by atoms with Gasteiger partial charge >= 0.3 is 41.8 Å². The number of nitrogens with one attached hydrogen (secondary N) is 3. The highest BCUT2D eigenvalue weighted by atomic mass is 16.5. The van der Waals surface area contributed by atoms with E-state index in [1.54, 1.807) is 95.3 Å². The van der Waals surface area contributed by atoms with Crippen molar-refractivity contribution in [2.45, 2.75) is 144 Å². The number of likely N-dealkylation sites (tertiary alicyclic amines) is 1. The number of methoxy groups -OCH3 is 7. The maximum atomic E-state index is 13.8. The number of esters is 7. The third-order valence-corrected chi connectivity index (χ3v) is 19.1. The van der Waals surface area contributed by atoms with Crippen LogP contribution in [0.25, 0.3) is 0 Å². The van der Waals surface area contributed by atoms with E-state index in [-0.39, 0.29) is 85.9 Å². The minimum atomic E-state index is -1.62. The minimum absolute atomic E-state index is 0.0312. The van der Waals surface area contributed by atoms with Crippen molar-refractivity contribution < 1.29 is 120 Å². The number of carbonyl (C=O) groups is 15. The Morgan fingerprint density at radius 3 is 1.12 bits per heavy atom. The van der Waals surface area contributed by atoms with Crippen molar-refractivity contribution in [1.29, 1.82) is 0 Å². The number of carbonyl (C=O) groups excluding carboxylic acids is 15. The van der Waals surface area contributed by atoms with Crippen molar-refractivity contribution in [2.75, 3.05) is 75.9 Å². The van der Waals surface area contributed by atoms with E-state index < -0.39 is 143 Å². The second-order valence-corrected chi connectivity index (χ2v) is 27.1. The molecule has 0 radical (unpaired) electrons. The van der Waals surface area contributed by atoms with E-state index in [1.165, 1.54) is 56.5 Å². The number of benzene rings is 4. The summed E-state index contributed by atoms with van der Waals surface area (Å²) < 4.78 is 31.2. The SMILES string of the molecule is CCC(c1ccccc1)C(C(=O)[O-])C(C)C(=O)NCC(=O)OC.CCC(c1ccccc1)C(C(=O)[O-])C(CC(c1ccccc1)C(C(=O)[O-])C(C)C(=O)NC(C(=O)OC)C(C)C)C(=O)NCC(=O)OC.CCC(c1ccccc1)C1C(=O)N(CC(=O)OC)C(=O)C1C.COC(=O)C(C)N.COC(=O)C(N)C(C)C.COC(=O)CN. The summed E-state index contributed by atoms with van der Waals surface area (Å²) in [7, 11) is 8.70. The Balaban J connectivity index is 0.00000158. The highest BCUT2D eigenvalue weighted by Gasteiger charge is 2.49. The zero-order valence-corrected chi connectivity index (χ0v) is 68.4. The summed E-state index contributed by atoms with van der Waals surface area (Å²) in [6, 6.07) is 33.7. The van der Waals surface area contributed by atoms with Crippen LogP contribution >= 0.6 is 0 Å². The summed E-state index contributed by atoms with van der Waals surface area (Å²) in [4.78, 5) is 180. The van der Waals surface area contributed by atoms with E-state index in [0.29, 0.717) is 17.5 Å². The number of rotatable bonds is 35. The molecule has 32 heteroatoms. The van der Waals surface area contributed by atoms with Gasteiger partial charge < -0.3 is 96.0 Å². The number of amides is 5. The molecule has 0 aromatic heterocycles. The second-order valence-electron chi connectivity index (χ2n) is 27.1. The lowest BCUT2D eigenvalue weighted by atomic mass is 9.68. The summed E-state index contributed by atoms with van der Waals surface area (Å²) in [5.41, 5.74) is 18.2. The lowest BCUT2D eigenvalue weighted by Crippen LogP contribution is -2.51. The highest BCUT2D eigenvalue weighted by molar-refractivity contribution is 6.07. The monoisotopic (exact) mass is 1600 g/mol. The lowest BCUT2D eigenvalue weighted by molar-refractivity contribution is -0.315. The molecule has 1 heterocycles. The van der Waals surface area contributed by atoms with Crippen molar-refractivity contribution >= 4 is 89.2 Å². The highest BCUT2D eigenvalue weighted by Crippen LogP contribution is 2.43. The molecule has 632 valence electrons. The van der Waals surface area contributed by atoms with E-state index in [2.05, 4.69) is 44.4 Å². The quantitative estimate of drug-likeness (QED) is 0.0218. The van der Waals surface area contributed by atoms with Crippen LogP contribution in [0.3, 0.4) is 0 Å². The largest absolute Gasteiger partial charge is 0.550 e. The first kappa shape index (κ1) is 103. The Hall–Kier alpha value is -11.0. The topological polar surface area (TPSA) is 507 Å². The molecule has 15 unspecified atom stereocenters. The van der Waals surface area contributed by atoms with Crippen LogP contribution in [0, 0.1) is 59.2 Å². The maximum absolute atomic E-state index is 13.8. The van der Waals surface area contributed by atoms with E-state index in [1.807, 2.05) is 88.4 Å². The van der Waals surface area contributed by atoms with Gasteiger partial charge in [-0.2, -0.15) is 0 Å². The molecule has 0 spiro atoms. The van der Waals surface area contributed by atoms with E-state index >= 15 is 0 Å². The minimum Gasteiger partial charge on any atom is -0.550 e. The van der Waals surface area contributed by atoms with Crippen molar-refractivity contribution in [1.82, 2.24) is 20.9 Å². The summed E-state index contributed by atoms with van der Waals surface area (Å²) >= 11 is 0. The lowest BCUT2D eigenvalue weighted by Gasteiger charge is -2.39. The molecule has 1 aliphatic rings. The predicted molar refractivity (Wildman–Crippen MR) is 411 cm³/mol. The van der Waals surface area contributed by atoms with Crippen LogP contribution < -0.4 is 48.5 Å². The van der Waals surface area contributed by atoms with Crippen LogP contribution in [-0.2, 0) is 105 Å². The number of nitrogens with two attached hydrogens (primary N) is 3. The fourth-order valence-electron chi connectivity index (χ4n) is 12.6. The number of aliphatic carboxylic acids is 3. The standard InChI is InChI=1S/C35H46N2O10.C17H23NO5.C17H21NO4.C6H13NO2.C4H9NO2.C3H7NO2/c1-7-24(22-14-10-8-11-15-22)29(34(43)44)26(32(40)36-19-27(38)46-5)18-25(23-16-12-9-13-17-23)28(33(41)42)21(4)31(39)37-30(20(2)3)35(45)47-6;1-4-13(12-8-6-5-7-9-12)15(17(21)22)11(2)16(20)18-10-14(19)23-3;1-4-13(12-8-6-5-7-9-12)15-11(2)16(20)18(17(15)21)10-14(19)22-3;1-4(2)5(7)6(8)9-3;1-3(5)4(6)7-2;1-6-3(5)2-4/h8-17,20-21,24-26,28-30H,7,18-19H2,1-6H3,(H,36,40)(H,37,39)(H,41,42)(H,43,44);5-9,11,13,15H,4,10H2,1-3H3,(H,18,20)(H,21,22);5-9,11,13,15H,4,10H2,1-3H3;4-5H,7H2,1-3H3;3H,5H2,1-2H3;2,4H2,1H3/p-3. The van der Waals surface area contributed by atoms with Crippen molar-refractivity contribution in [3.63, 3.8) is 0 Å². The molecule has 0 bridgehead atoms.